The lowest BCUT2D eigenvalue weighted by Crippen LogP contribution is -2.29. The number of benzene rings is 2. The molecule has 0 aromatic heterocycles. The van der Waals surface area contributed by atoms with E-state index < -0.39 is 46.2 Å². The number of esters is 1. The van der Waals surface area contributed by atoms with Crippen molar-refractivity contribution in [2.45, 2.75) is 32.2 Å². The van der Waals surface area contributed by atoms with Gasteiger partial charge in [0.05, 0.1) is 5.56 Å². The van der Waals surface area contributed by atoms with Gasteiger partial charge in [-0.2, -0.15) is 8.42 Å². The quantitative estimate of drug-likeness (QED) is 0.437. The van der Waals surface area contributed by atoms with Crippen LogP contribution in [-0.4, -0.2) is 37.7 Å². The fraction of sp³-hybridized carbons (Fsp3) is 0.350. The standard InChI is InChI=1S/C20H21F3O7S/c1-3-19(2,15-7-5-4-6-8-15)29-17-13-14(9-10-16(17)30-20(21,22)23)18(24)28-11-12-31(25,26)27/h4-10,13H,3,11-12H2,1-2H3,(H,25,26,27). The van der Waals surface area contributed by atoms with Gasteiger partial charge < -0.3 is 14.2 Å². The van der Waals surface area contributed by atoms with E-state index in [-0.39, 0.29) is 11.3 Å². The molecule has 0 aliphatic carbocycles. The smallest absolute Gasteiger partial charge is 0.479 e. The highest BCUT2D eigenvalue weighted by Crippen LogP contribution is 2.39. The summed E-state index contributed by atoms with van der Waals surface area (Å²) >= 11 is 0. The Morgan fingerprint density at radius 2 is 1.68 bits per heavy atom. The molecule has 11 heteroatoms. The molecule has 0 saturated heterocycles. The molecule has 0 aliphatic heterocycles. The van der Waals surface area contributed by atoms with Crippen molar-refractivity contribution in [3.63, 3.8) is 0 Å². The number of carbonyl (C=O) groups excluding carboxylic acids is 1. The van der Waals surface area contributed by atoms with Crippen LogP contribution in [0, 0.1) is 0 Å². The summed E-state index contributed by atoms with van der Waals surface area (Å²) in [5, 5.41) is 0. The molecule has 0 bridgehead atoms. The van der Waals surface area contributed by atoms with Crippen LogP contribution in [0.2, 0.25) is 0 Å². The van der Waals surface area contributed by atoms with Gasteiger partial charge in [-0.15, -0.1) is 13.2 Å². The lowest BCUT2D eigenvalue weighted by molar-refractivity contribution is -0.275. The summed E-state index contributed by atoms with van der Waals surface area (Å²) in [6, 6.07) is 11.7. The molecule has 1 atom stereocenters. The van der Waals surface area contributed by atoms with Crippen LogP contribution in [0.3, 0.4) is 0 Å². The Bertz CT molecular complexity index is 1010. The van der Waals surface area contributed by atoms with Gasteiger partial charge in [0.15, 0.2) is 11.5 Å². The van der Waals surface area contributed by atoms with Gasteiger partial charge in [-0.3, -0.25) is 4.55 Å². The average molecular weight is 462 g/mol. The zero-order valence-electron chi connectivity index (χ0n) is 16.7. The van der Waals surface area contributed by atoms with Crippen molar-refractivity contribution in [1.29, 1.82) is 0 Å². The highest BCUT2D eigenvalue weighted by Gasteiger charge is 2.35. The zero-order chi connectivity index (χ0) is 23.3. The van der Waals surface area contributed by atoms with Gasteiger partial charge in [-0.25, -0.2) is 4.79 Å². The van der Waals surface area contributed by atoms with E-state index in [1.807, 2.05) is 0 Å². The molecule has 31 heavy (non-hydrogen) atoms. The number of carbonyl (C=O) groups is 1. The van der Waals surface area contributed by atoms with Crippen molar-refractivity contribution in [1.82, 2.24) is 0 Å². The van der Waals surface area contributed by atoms with Crippen LogP contribution in [0.25, 0.3) is 0 Å². The predicted molar refractivity (Wildman–Crippen MR) is 105 cm³/mol. The summed E-state index contributed by atoms with van der Waals surface area (Å²) in [4.78, 5) is 12.2. The van der Waals surface area contributed by atoms with Crippen molar-refractivity contribution < 1.29 is 45.1 Å². The second kappa shape index (κ2) is 9.56. The van der Waals surface area contributed by atoms with Gasteiger partial charge in [0.1, 0.15) is 18.0 Å². The van der Waals surface area contributed by atoms with E-state index in [1.165, 1.54) is 0 Å². The molecule has 2 aromatic rings. The van der Waals surface area contributed by atoms with E-state index in [1.54, 1.807) is 44.2 Å². The van der Waals surface area contributed by atoms with Gasteiger partial charge in [0.25, 0.3) is 10.1 Å². The van der Waals surface area contributed by atoms with E-state index in [4.69, 9.17) is 14.0 Å². The summed E-state index contributed by atoms with van der Waals surface area (Å²) in [6.07, 6.45) is -4.61. The number of ether oxygens (including phenoxy) is 3. The van der Waals surface area contributed by atoms with Gasteiger partial charge in [-0.05, 0) is 37.1 Å². The topological polar surface area (TPSA) is 99.1 Å². The Balaban J connectivity index is 2.37. The molecule has 0 amide bonds. The first kappa shape index (κ1) is 24.5. The molecule has 0 aliphatic rings. The van der Waals surface area contributed by atoms with Crippen molar-refractivity contribution in [2.24, 2.45) is 0 Å². The van der Waals surface area contributed by atoms with Gasteiger partial charge in [-0.1, -0.05) is 37.3 Å². The molecular formula is C20H21F3O7S. The number of halogens is 3. The Hall–Kier alpha value is -2.79. The summed E-state index contributed by atoms with van der Waals surface area (Å²) in [5.41, 5.74) is -0.540. The summed E-state index contributed by atoms with van der Waals surface area (Å²) in [7, 11) is -4.34. The third-order valence-electron chi connectivity index (χ3n) is 4.37. The highest BCUT2D eigenvalue weighted by atomic mass is 32.2. The van der Waals surface area contributed by atoms with Crippen LogP contribution in [-0.2, 0) is 20.5 Å². The van der Waals surface area contributed by atoms with Crippen LogP contribution in [0.1, 0.15) is 36.2 Å². The Kier molecular flexibility index (Phi) is 7.55. The largest absolute Gasteiger partial charge is 0.573 e. The maximum absolute atomic E-state index is 12.8. The van der Waals surface area contributed by atoms with Crippen molar-refractivity contribution in [3.8, 4) is 11.5 Å². The minimum Gasteiger partial charge on any atom is -0.479 e. The molecule has 0 radical (unpaired) electrons. The van der Waals surface area contributed by atoms with Gasteiger partial charge in [0, 0.05) is 0 Å². The van der Waals surface area contributed by atoms with E-state index in [0.29, 0.717) is 12.0 Å². The van der Waals surface area contributed by atoms with E-state index in [9.17, 15) is 26.4 Å². The van der Waals surface area contributed by atoms with Crippen LogP contribution < -0.4 is 9.47 Å². The number of hydrogen-bond donors (Lipinski definition) is 1. The lowest BCUT2D eigenvalue weighted by Gasteiger charge is -2.31. The summed E-state index contributed by atoms with van der Waals surface area (Å²) in [5.74, 6) is -2.84. The Labute approximate surface area is 177 Å². The van der Waals surface area contributed by atoms with E-state index >= 15 is 0 Å². The molecule has 0 saturated carbocycles. The average Bonchev–Trinajstić information content (AvgIpc) is 2.67. The van der Waals surface area contributed by atoms with Crippen LogP contribution in [0.15, 0.2) is 48.5 Å². The molecule has 0 fully saturated rings. The van der Waals surface area contributed by atoms with Crippen LogP contribution >= 0.6 is 0 Å². The van der Waals surface area contributed by atoms with Crippen molar-refractivity contribution in [2.75, 3.05) is 12.4 Å². The fourth-order valence-electron chi connectivity index (χ4n) is 2.62. The molecule has 2 rings (SSSR count). The van der Waals surface area contributed by atoms with Crippen LogP contribution in [0.5, 0.6) is 11.5 Å². The van der Waals surface area contributed by atoms with E-state index in [2.05, 4.69) is 4.74 Å². The SMILES string of the molecule is CCC(C)(Oc1cc(C(=O)OCCS(=O)(=O)O)ccc1OC(F)(F)F)c1ccccc1. The third kappa shape index (κ3) is 7.44. The fourth-order valence-corrected chi connectivity index (χ4v) is 2.91. The van der Waals surface area contributed by atoms with Crippen molar-refractivity contribution >= 4 is 16.1 Å². The van der Waals surface area contributed by atoms with Gasteiger partial charge >= 0.3 is 12.3 Å². The van der Waals surface area contributed by atoms with Crippen LogP contribution in [0.4, 0.5) is 13.2 Å². The Morgan fingerprint density at radius 1 is 1.03 bits per heavy atom. The first-order valence-corrected chi connectivity index (χ1v) is 10.7. The molecule has 0 heterocycles. The van der Waals surface area contributed by atoms with Gasteiger partial charge in [0.2, 0.25) is 0 Å². The van der Waals surface area contributed by atoms with Crippen molar-refractivity contribution in [3.05, 3.63) is 59.7 Å². The monoisotopic (exact) mass is 462 g/mol. The first-order valence-electron chi connectivity index (χ1n) is 9.09. The minimum absolute atomic E-state index is 0.189. The maximum atomic E-state index is 12.8. The molecule has 1 N–H and O–H groups in total. The second-order valence-corrected chi connectivity index (χ2v) is 8.26. The maximum Gasteiger partial charge on any atom is 0.573 e. The molecule has 2 aromatic carbocycles. The normalized spacial score (nSPS) is 13.9. The summed E-state index contributed by atoms with van der Waals surface area (Å²) in [6.45, 7) is 2.83. The molecular weight excluding hydrogens is 441 g/mol. The minimum atomic E-state index is -5.00. The second-order valence-electron chi connectivity index (χ2n) is 6.68. The number of alkyl halides is 3. The molecule has 170 valence electrons. The summed E-state index contributed by atoms with van der Waals surface area (Å²) < 4.78 is 83.4. The first-order chi connectivity index (χ1) is 14.3. The number of hydrogen-bond acceptors (Lipinski definition) is 6. The molecule has 1 unspecified atom stereocenters. The Morgan fingerprint density at radius 3 is 2.23 bits per heavy atom. The lowest BCUT2D eigenvalue weighted by atomic mass is 9.93. The molecule has 0 spiro atoms. The third-order valence-corrected chi connectivity index (χ3v) is 5.06. The number of rotatable bonds is 9. The predicted octanol–water partition coefficient (Wildman–Crippen LogP) is 4.33. The molecule has 7 nitrogen and oxygen atoms in total. The zero-order valence-corrected chi connectivity index (χ0v) is 17.5. The van der Waals surface area contributed by atoms with E-state index in [0.717, 1.165) is 18.2 Å². The highest BCUT2D eigenvalue weighted by molar-refractivity contribution is 7.85.